The van der Waals surface area contributed by atoms with Crippen LogP contribution in [0.4, 0.5) is 4.79 Å². The van der Waals surface area contributed by atoms with Gasteiger partial charge in [0.15, 0.2) is 0 Å². The Hall–Kier alpha value is -2.66. The van der Waals surface area contributed by atoms with Crippen molar-refractivity contribution >= 4 is 24.4 Å². The van der Waals surface area contributed by atoms with E-state index in [-0.39, 0.29) is 53.9 Å². The maximum atomic E-state index is 13.6. The van der Waals surface area contributed by atoms with Gasteiger partial charge in [0.25, 0.3) is 0 Å². The fourth-order valence-electron chi connectivity index (χ4n) is 12.4. The zero-order chi connectivity index (χ0) is 45.7. The molecule has 0 aliphatic heterocycles. The van der Waals surface area contributed by atoms with Gasteiger partial charge in [0, 0.05) is 50.0 Å². The Morgan fingerprint density at radius 2 is 1.66 bits per heavy atom. The molecule has 11 heteroatoms. The van der Waals surface area contributed by atoms with Crippen LogP contribution in [0.15, 0.2) is 11.6 Å². The van der Waals surface area contributed by atoms with E-state index in [0.29, 0.717) is 43.2 Å². The summed E-state index contributed by atoms with van der Waals surface area (Å²) >= 11 is 0. The van der Waals surface area contributed by atoms with Crippen molar-refractivity contribution in [2.75, 3.05) is 26.2 Å². The summed E-state index contributed by atoms with van der Waals surface area (Å²) in [4.78, 5) is 51.7. The van der Waals surface area contributed by atoms with Crippen LogP contribution in [0, 0.1) is 40.4 Å². The molecule has 4 aliphatic rings. The first-order valence-corrected chi connectivity index (χ1v) is 25.1. The van der Waals surface area contributed by atoms with Crippen molar-refractivity contribution in [2.45, 2.75) is 221 Å². The van der Waals surface area contributed by atoms with Crippen LogP contribution in [-0.4, -0.2) is 84.8 Å². The lowest BCUT2D eigenvalue weighted by Crippen LogP contribution is -2.66. The predicted molar refractivity (Wildman–Crippen MR) is 250 cm³/mol. The van der Waals surface area contributed by atoms with Gasteiger partial charge in [-0.1, -0.05) is 65.5 Å². The monoisotopic (exact) mass is 870 g/mol. The van der Waals surface area contributed by atoms with Crippen LogP contribution in [-0.2, 0) is 23.9 Å². The second-order valence-corrected chi connectivity index (χ2v) is 22.1. The van der Waals surface area contributed by atoms with Crippen LogP contribution in [0.5, 0.6) is 0 Å². The second kappa shape index (κ2) is 23.5. The first-order valence-electron chi connectivity index (χ1n) is 25.1. The van der Waals surface area contributed by atoms with Gasteiger partial charge in [-0.15, -0.1) is 0 Å². The standard InChI is InChI=1S/C51H91N5O6/c1-11-39(36(2)3)16-14-17-40-20-21-43-49(40,9)28-24-44-50(10)27-23-42(34-41(50)22-29-51(43,44)52)61-46(59)19-15-18-45(58)56(32-13-12-30-53-31-25-37(4)54-35-57)33-26-38(5)55-47(60)62-48(6,7)8/h22,35-40,42-44,53H,11-21,23-34,52H2,1-10H3,(H,54,57)(H,55,60). The zero-order valence-electron chi connectivity index (χ0n) is 41.0. The number of nitrogens with two attached hydrogens (primary N) is 1. The second-order valence-electron chi connectivity index (χ2n) is 22.1. The molecule has 4 aliphatic carbocycles. The van der Waals surface area contributed by atoms with Crippen molar-refractivity contribution in [3.05, 3.63) is 11.6 Å². The Morgan fingerprint density at radius 3 is 2.35 bits per heavy atom. The van der Waals surface area contributed by atoms with E-state index >= 15 is 0 Å². The molecule has 5 N–H and O–H groups in total. The summed E-state index contributed by atoms with van der Waals surface area (Å²) in [5.74, 6) is 3.23. The van der Waals surface area contributed by atoms with Gasteiger partial charge in [0.05, 0.1) is 0 Å². The molecular weight excluding hydrogens is 779 g/mol. The van der Waals surface area contributed by atoms with E-state index < -0.39 is 11.7 Å². The average Bonchev–Trinajstić information content (AvgIpc) is 3.53. The third kappa shape index (κ3) is 14.2. The number of hydrogen-bond acceptors (Lipinski definition) is 8. The zero-order valence-corrected chi connectivity index (χ0v) is 41.0. The summed E-state index contributed by atoms with van der Waals surface area (Å²) in [7, 11) is 0. The van der Waals surface area contributed by atoms with Crippen LogP contribution in [0.25, 0.3) is 0 Å². The average molecular weight is 870 g/mol. The summed E-state index contributed by atoms with van der Waals surface area (Å²) in [6, 6.07) is -0.0493. The number of unbranched alkanes of at least 4 members (excludes halogenated alkanes) is 1. The Kier molecular flexibility index (Phi) is 19.7. The largest absolute Gasteiger partial charge is 0.462 e. The smallest absolute Gasteiger partial charge is 0.407 e. The Bertz CT molecular complexity index is 1480. The van der Waals surface area contributed by atoms with Crippen molar-refractivity contribution in [1.29, 1.82) is 0 Å². The molecule has 3 amide bonds. The molecule has 10 unspecified atom stereocenters. The third-order valence-electron chi connectivity index (χ3n) is 16.2. The number of ether oxygens (including phenoxy) is 2. The number of esters is 1. The van der Waals surface area contributed by atoms with Crippen LogP contribution in [0.1, 0.15) is 191 Å². The highest BCUT2D eigenvalue weighted by Gasteiger charge is 2.64. The number of carbonyl (C=O) groups is 4. The maximum Gasteiger partial charge on any atom is 0.407 e. The van der Waals surface area contributed by atoms with Gasteiger partial charge in [-0.25, -0.2) is 4.79 Å². The molecule has 4 rings (SSSR count). The highest BCUT2D eigenvalue weighted by Crippen LogP contribution is 2.67. The maximum absolute atomic E-state index is 13.6. The molecule has 0 aromatic rings. The molecule has 3 saturated carbocycles. The first kappa shape index (κ1) is 52.0. The number of amides is 3. The van der Waals surface area contributed by atoms with Gasteiger partial charge in [-0.2, -0.15) is 0 Å². The molecule has 11 nitrogen and oxygen atoms in total. The fourth-order valence-corrected chi connectivity index (χ4v) is 12.4. The van der Waals surface area contributed by atoms with Crippen LogP contribution >= 0.6 is 0 Å². The number of nitrogens with one attached hydrogen (secondary N) is 3. The minimum atomic E-state index is -0.588. The van der Waals surface area contributed by atoms with Gasteiger partial charge in [0.2, 0.25) is 12.3 Å². The molecule has 0 bridgehead atoms. The van der Waals surface area contributed by atoms with E-state index in [2.05, 4.69) is 56.6 Å². The fraction of sp³-hybridized carbons (Fsp3) is 0.882. The minimum absolute atomic E-state index is 0.0171. The van der Waals surface area contributed by atoms with Crippen molar-refractivity contribution in [3.63, 3.8) is 0 Å². The lowest BCUT2D eigenvalue weighted by molar-refractivity contribution is -0.152. The van der Waals surface area contributed by atoms with Gasteiger partial charge < -0.3 is 36.1 Å². The summed E-state index contributed by atoms with van der Waals surface area (Å²) in [5.41, 5.74) is 8.78. The number of hydrogen-bond donors (Lipinski definition) is 4. The Balaban J connectivity index is 1.25. The van der Waals surface area contributed by atoms with E-state index in [0.717, 1.165) is 82.2 Å². The van der Waals surface area contributed by atoms with Crippen LogP contribution in [0.3, 0.4) is 0 Å². The predicted octanol–water partition coefficient (Wildman–Crippen LogP) is 9.61. The van der Waals surface area contributed by atoms with Crippen LogP contribution < -0.4 is 21.7 Å². The van der Waals surface area contributed by atoms with Crippen molar-refractivity contribution in [2.24, 2.45) is 46.2 Å². The summed E-state index contributed by atoms with van der Waals surface area (Å²) in [6.07, 6.45) is 20.7. The topological polar surface area (TPSA) is 152 Å². The highest BCUT2D eigenvalue weighted by atomic mass is 16.6. The summed E-state index contributed by atoms with van der Waals surface area (Å²) in [6.45, 7) is 24.3. The SMILES string of the molecule is CCC(CCCC1CCC2C1(C)CCC1C3(C)CCC(OC(=O)CCCC(=O)N(CCCCNCCC(C)NC=O)CCC(C)NC(=O)OC(C)(C)C)CC3=CCC12N)C(C)C. The van der Waals surface area contributed by atoms with Gasteiger partial charge in [-0.05, 0) is 172 Å². The molecule has 0 saturated heterocycles. The summed E-state index contributed by atoms with van der Waals surface area (Å²) < 4.78 is 11.6. The number of nitrogens with zero attached hydrogens (tertiary/aromatic N) is 1. The first-order chi connectivity index (χ1) is 29.3. The molecule has 0 radical (unpaired) electrons. The van der Waals surface area contributed by atoms with Gasteiger partial charge >= 0.3 is 12.1 Å². The van der Waals surface area contributed by atoms with E-state index in [4.69, 9.17) is 15.2 Å². The minimum Gasteiger partial charge on any atom is -0.462 e. The highest BCUT2D eigenvalue weighted by molar-refractivity contribution is 5.77. The molecule has 356 valence electrons. The lowest BCUT2D eigenvalue weighted by Gasteiger charge is -2.63. The molecule has 0 spiro atoms. The molecule has 10 atom stereocenters. The molecule has 3 fully saturated rings. The van der Waals surface area contributed by atoms with E-state index in [1.165, 1.54) is 56.9 Å². The Labute approximate surface area is 377 Å². The molecular formula is C51H91N5O6. The number of fused-ring (bicyclic) bond motifs is 5. The van der Waals surface area contributed by atoms with Crippen LogP contribution in [0.2, 0.25) is 0 Å². The van der Waals surface area contributed by atoms with E-state index in [9.17, 15) is 19.2 Å². The normalized spacial score (nSPS) is 29.6. The quantitative estimate of drug-likeness (QED) is 0.0307. The van der Waals surface area contributed by atoms with Crippen molar-refractivity contribution in [1.82, 2.24) is 20.9 Å². The molecule has 0 heterocycles. The number of carbonyl (C=O) groups excluding carboxylic acids is 4. The van der Waals surface area contributed by atoms with Gasteiger partial charge in [-0.3, -0.25) is 14.4 Å². The molecule has 62 heavy (non-hydrogen) atoms. The summed E-state index contributed by atoms with van der Waals surface area (Å²) in [5, 5.41) is 9.08. The van der Waals surface area contributed by atoms with E-state index in [1.54, 1.807) is 0 Å². The van der Waals surface area contributed by atoms with Gasteiger partial charge in [0.1, 0.15) is 11.7 Å². The third-order valence-corrected chi connectivity index (χ3v) is 16.2. The van der Waals surface area contributed by atoms with E-state index in [1.807, 2.05) is 39.5 Å². The Morgan fingerprint density at radius 1 is 0.903 bits per heavy atom. The number of alkyl carbamates (subject to hydrolysis) is 1. The molecule has 0 aromatic carbocycles. The lowest BCUT2D eigenvalue weighted by atomic mass is 9.44. The number of rotatable bonds is 25. The van der Waals surface area contributed by atoms with Crippen molar-refractivity contribution < 1.29 is 28.7 Å². The molecule has 0 aromatic heterocycles. The van der Waals surface area contributed by atoms with Crippen molar-refractivity contribution in [3.8, 4) is 0 Å².